The quantitative estimate of drug-likeness (QED) is 0.363. The molecule has 256 valence electrons. The van der Waals surface area contributed by atoms with Gasteiger partial charge in [0.25, 0.3) is 5.91 Å². The average molecular weight is 645 g/mol. The zero-order chi connectivity index (χ0) is 33.7. The number of likely N-dealkylation sites (N-methyl/N-ethyl adjacent to an activating group) is 1. The second-order valence-electron chi connectivity index (χ2n) is 12.4. The Morgan fingerprint density at radius 1 is 1.16 bits per heavy atom. The molecule has 0 aromatic heterocycles. The van der Waals surface area contributed by atoms with Crippen molar-refractivity contribution in [2.45, 2.75) is 90.1 Å². The first kappa shape index (κ1) is 38.3. The topological polar surface area (TPSA) is 112 Å². The van der Waals surface area contributed by atoms with Crippen molar-refractivity contribution < 1.29 is 42.1 Å². The number of nitrogens with one attached hydrogen (secondary N) is 1. The SMILES string of the molecule is C[C@H]1CCCCO[C@@H](CN(C)C(=O)CCCN(C)C)[C@@H](C)CN([C@@H](C)CO)C(=O)c2cc(NC(=O)CCC(F)(F)F)ccc2O1. The van der Waals surface area contributed by atoms with Gasteiger partial charge in [0.2, 0.25) is 11.8 Å². The number of aliphatic hydroxyl groups is 1. The Hall–Kier alpha value is -2.90. The summed E-state index contributed by atoms with van der Waals surface area (Å²) in [5.74, 6) is -1.26. The van der Waals surface area contributed by atoms with Crippen molar-refractivity contribution in [3.8, 4) is 5.75 Å². The Morgan fingerprint density at radius 3 is 2.51 bits per heavy atom. The molecule has 0 saturated heterocycles. The number of nitrogens with zero attached hydrogens (tertiary/aromatic N) is 3. The maximum atomic E-state index is 14.1. The molecule has 45 heavy (non-hydrogen) atoms. The van der Waals surface area contributed by atoms with E-state index in [2.05, 4.69) is 5.32 Å². The average Bonchev–Trinajstić information content (AvgIpc) is 2.96. The number of hydrogen-bond acceptors (Lipinski definition) is 7. The molecule has 1 heterocycles. The zero-order valence-corrected chi connectivity index (χ0v) is 27.5. The number of fused-ring (bicyclic) bond motifs is 1. The van der Waals surface area contributed by atoms with Gasteiger partial charge in [0.15, 0.2) is 0 Å². The van der Waals surface area contributed by atoms with Crippen molar-refractivity contribution in [3.05, 3.63) is 23.8 Å². The summed E-state index contributed by atoms with van der Waals surface area (Å²) in [6, 6.07) is 3.82. The molecule has 0 saturated carbocycles. The van der Waals surface area contributed by atoms with Crippen molar-refractivity contribution in [2.24, 2.45) is 5.92 Å². The second-order valence-corrected chi connectivity index (χ2v) is 12.4. The maximum Gasteiger partial charge on any atom is 0.389 e. The Balaban J connectivity index is 2.37. The Morgan fingerprint density at radius 2 is 1.87 bits per heavy atom. The van der Waals surface area contributed by atoms with E-state index in [1.165, 1.54) is 23.1 Å². The number of rotatable bonds is 11. The van der Waals surface area contributed by atoms with E-state index in [1.54, 1.807) is 18.9 Å². The van der Waals surface area contributed by atoms with Gasteiger partial charge in [-0.3, -0.25) is 14.4 Å². The first-order valence-electron chi connectivity index (χ1n) is 15.7. The Bertz CT molecular complexity index is 1100. The van der Waals surface area contributed by atoms with Crippen LogP contribution in [0.25, 0.3) is 0 Å². The van der Waals surface area contributed by atoms with Crippen LogP contribution in [0.5, 0.6) is 5.75 Å². The lowest BCUT2D eigenvalue weighted by molar-refractivity contribution is -0.142. The van der Waals surface area contributed by atoms with E-state index in [1.807, 2.05) is 32.8 Å². The minimum Gasteiger partial charge on any atom is -0.490 e. The number of hydrogen-bond donors (Lipinski definition) is 2. The van der Waals surface area contributed by atoms with Gasteiger partial charge in [0.05, 0.1) is 36.8 Å². The first-order valence-corrected chi connectivity index (χ1v) is 15.7. The van der Waals surface area contributed by atoms with E-state index in [-0.39, 0.29) is 54.2 Å². The van der Waals surface area contributed by atoms with Crippen molar-refractivity contribution in [2.75, 3.05) is 59.3 Å². The predicted octanol–water partition coefficient (Wildman–Crippen LogP) is 4.56. The number of aliphatic hydroxyl groups excluding tert-OH is 1. The van der Waals surface area contributed by atoms with Crippen LogP contribution in [0, 0.1) is 5.92 Å². The van der Waals surface area contributed by atoms with Crippen LogP contribution in [-0.2, 0) is 14.3 Å². The van der Waals surface area contributed by atoms with E-state index in [9.17, 15) is 32.7 Å². The van der Waals surface area contributed by atoms with Gasteiger partial charge in [-0.25, -0.2) is 0 Å². The van der Waals surface area contributed by atoms with Gasteiger partial charge in [-0.05, 0) is 78.4 Å². The van der Waals surface area contributed by atoms with Crippen LogP contribution < -0.4 is 10.1 Å². The largest absolute Gasteiger partial charge is 0.490 e. The third kappa shape index (κ3) is 13.5. The molecule has 0 spiro atoms. The third-order valence-corrected chi connectivity index (χ3v) is 7.85. The Kier molecular flexibility index (Phi) is 15.6. The highest BCUT2D eigenvalue weighted by Crippen LogP contribution is 2.29. The Labute approximate surface area is 265 Å². The lowest BCUT2D eigenvalue weighted by Gasteiger charge is -2.36. The summed E-state index contributed by atoms with van der Waals surface area (Å²) in [5, 5.41) is 12.5. The third-order valence-electron chi connectivity index (χ3n) is 7.85. The zero-order valence-electron chi connectivity index (χ0n) is 27.5. The summed E-state index contributed by atoms with van der Waals surface area (Å²) in [6.45, 7) is 6.99. The molecule has 1 aromatic rings. The molecule has 0 fully saturated rings. The predicted molar refractivity (Wildman–Crippen MR) is 166 cm³/mol. The van der Waals surface area contributed by atoms with Crippen LogP contribution in [-0.4, -0.2) is 116 Å². The molecule has 0 radical (unpaired) electrons. The molecule has 0 unspecified atom stereocenters. The monoisotopic (exact) mass is 644 g/mol. The standard InChI is InChI=1S/C32H51F3N4O6/c1-22-19-39(23(2)21-40)31(43)26-18-25(36-29(41)14-15-32(33,34)35)12-13-27(26)45-24(3)10-7-8-17-44-28(22)20-38(6)30(42)11-9-16-37(4)5/h12-13,18,22-24,28,40H,7-11,14-17,19-21H2,1-6H3,(H,36,41)/t22-,23-,24-,28-/m0/s1. The van der Waals surface area contributed by atoms with E-state index >= 15 is 0 Å². The summed E-state index contributed by atoms with van der Waals surface area (Å²) < 4.78 is 50.4. The number of benzene rings is 1. The van der Waals surface area contributed by atoms with Gasteiger partial charge >= 0.3 is 6.18 Å². The van der Waals surface area contributed by atoms with Crippen LogP contribution in [0.2, 0.25) is 0 Å². The van der Waals surface area contributed by atoms with Crippen molar-refractivity contribution in [1.29, 1.82) is 0 Å². The second kappa shape index (κ2) is 18.3. The number of ether oxygens (including phenoxy) is 2. The highest BCUT2D eigenvalue weighted by Gasteiger charge is 2.31. The maximum absolute atomic E-state index is 14.1. The number of anilines is 1. The van der Waals surface area contributed by atoms with Gasteiger partial charge in [-0.1, -0.05) is 6.92 Å². The first-order chi connectivity index (χ1) is 21.1. The van der Waals surface area contributed by atoms with Gasteiger partial charge in [-0.2, -0.15) is 13.2 Å². The molecular formula is C32H51F3N4O6. The summed E-state index contributed by atoms with van der Waals surface area (Å²) in [5.41, 5.74) is 0.276. The lowest BCUT2D eigenvalue weighted by Crippen LogP contribution is -2.48. The number of amides is 3. The van der Waals surface area contributed by atoms with E-state index < -0.39 is 36.9 Å². The molecular weight excluding hydrogens is 593 g/mol. The molecule has 1 aromatic carbocycles. The molecule has 1 aliphatic heterocycles. The fourth-order valence-corrected chi connectivity index (χ4v) is 5.05. The molecule has 2 N–H and O–H groups in total. The molecule has 3 amide bonds. The highest BCUT2D eigenvalue weighted by atomic mass is 19.4. The van der Waals surface area contributed by atoms with Crippen molar-refractivity contribution in [1.82, 2.24) is 14.7 Å². The van der Waals surface area contributed by atoms with Crippen molar-refractivity contribution in [3.63, 3.8) is 0 Å². The number of carbonyl (C=O) groups excluding carboxylic acids is 3. The molecule has 2 rings (SSSR count). The van der Waals surface area contributed by atoms with Gasteiger partial charge < -0.3 is 34.6 Å². The molecule has 10 nitrogen and oxygen atoms in total. The smallest absolute Gasteiger partial charge is 0.389 e. The fraction of sp³-hybridized carbons (Fsp3) is 0.719. The van der Waals surface area contributed by atoms with Crippen LogP contribution >= 0.6 is 0 Å². The highest BCUT2D eigenvalue weighted by molar-refractivity contribution is 5.99. The summed E-state index contributed by atoms with van der Waals surface area (Å²) >= 11 is 0. The summed E-state index contributed by atoms with van der Waals surface area (Å²) in [4.78, 5) is 44.4. The fourth-order valence-electron chi connectivity index (χ4n) is 5.05. The minimum atomic E-state index is -4.47. The van der Waals surface area contributed by atoms with Gasteiger partial charge in [0.1, 0.15) is 5.75 Å². The van der Waals surface area contributed by atoms with Crippen LogP contribution in [0.15, 0.2) is 18.2 Å². The number of halogens is 3. The van der Waals surface area contributed by atoms with Crippen molar-refractivity contribution >= 4 is 23.4 Å². The summed E-state index contributed by atoms with van der Waals surface area (Å²) in [6.07, 6.45) is -3.75. The molecule has 0 aliphatic carbocycles. The van der Waals surface area contributed by atoms with E-state index in [0.717, 1.165) is 25.8 Å². The molecule has 4 atom stereocenters. The van der Waals surface area contributed by atoms with Crippen LogP contribution in [0.1, 0.15) is 76.1 Å². The normalized spacial score (nSPS) is 21.0. The lowest BCUT2D eigenvalue weighted by atomic mass is 10.0. The van der Waals surface area contributed by atoms with Gasteiger partial charge in [-0.15, -0.1) is 0 Å². The van der Waals surface area contributed by atoms with Crippen LogP contribution in [0.3, 0.4) is 0 Å². The molecule has 13 heteroatoms. The van der Waals surface area contributed by atoms with Gasteiger partial charge in [0, 0.05) is 51.2 Å². The minimum absolute atomic E-state index is 0.00780. The summed E-state index contributed by atoms with van der Waals surface area (Å²) in [7, 11) is 5.67. The van der Waals surface area contributed by atoms with Crippen LogP contribution in [0.4, 0.5) is 18.9 Å². The molecule has 0 bridgehead atoms. The van der Waals surface area contributed by atoms with E-state index in [4.69, 9.17) is 9.47 Å². The van der Waals surface area contributed by atoms with E-state index in [0.29, 0.717) is 26.0 Å². The number of carbonyl (C=O) groups is 3. The molecule has 1 aliphatic rings. The number of alkyl halides is 3.